The van der Waals surface area contributed by atoms with Crippen molar-refractivity contribution in [1.82, 2.24) is 10.2 Å². The average molecular weight is 540 g/mol. The van der Waals surface area contributed by atoms with E-state index in [9.17, 15) is 18.8 Å². The summed E-state index contributed by atoms with van der Waals surface area (Å²) in [6.07, 6.45) is 1.41. The molecule has 1 heterocycles. The van der Waals surface area contributed by atoms with Gasteiger partial charge in [-0.25, -0.2) is 14.1 Å². The maximum Gasteiger partial charge on any atom is 0.329 e. The molecular formula is C27H23ClFN3O6. The van der Waals surface area contributed by atoms with E-state index in [1.165, 1.54) is 38.5 Å². The lowest BCUT2D eigenvalue weighted by molar-refractivity contribution is -0.127. The standard InChI is InChI=1S/C27H23ClFN3O6/c1-36-22-6-4-3-5-20(22)30-24(33)14-32-26(34)21(31-27(32)35)12-17-11-19(28)25(23(13-17)37-2)38-15-16-7-9-18(29)10-8-16/h3-13H,14-15H2,1-2H3,(H,30,33)(H,31,35)/b21-12+. The number of halogens is 2. The van der Waals surface area contributed by atoms with Gasteiger partial charge < -0.3 is 24.8 Å². The predicted molar refractivity (Wildman–Crippen MR) is 139 cm³/mol. The van der Waals surface area contributed by atoms with Crippen molar-refractivity contribution in [3.05, 3.63) is 88.3 Å². The molecule has 1 aliphatic heterocycles. The Kier molecular flexibility index (Phi) is 8.12. The van der Waals surface area contributed by atoms with Crippen molar-refractivity contribution in [2.75, 3.05) is 26.1 Å². The molecule has 196 valence electrons. The fraction of sp³-hybridized carbons (Fsp3) is 0.148. The summed E-state index contributed by atoms with van der Waals surface area (Å²) in [5, 5.41) is 5.29. The van der Waals surface area contributed by atoms with Gasteiger partial charge in [0.2, 0.25) is 5.91 Å². The highest BCUT2D eigenvalue weighted by Gasteiger charge is 2.35. The number of para-hydroxylation sites is 2. The molecule has 0 aliphatic carbocycles. The molecule has 4 amide bonds. The number of carbonyl (C=O) groups is 3. The van der Waals surface area contributed by atoms with Crippen LogP contribution >= 0.6 is 11.6 Å². The second kappa shape index (κ2) is 11.7. The lowest BCUT2D eigenvalue weighted by atomic mass is 10.1. The number of hydrogen-bond acceptors (Lipinski definition) is 6. The van der Waals surface area contributed by atoms with Gasteiger partial charge in [-0.05, 0) is 53.6 Å². The van der Waals surface area contributed by atoms with Gasteiger partial charge in [0, 0.05) is 0 Å². The Morgan fingerprint density at radius 1 is 1.05 bits per heavy atom. The first-order chi connectivity index (χ1) is 18.3. The number of benzene rings is 3. The highest BCUT2D eigenvalue weighted by atomic mass is 35.5. The van der Waals surface area contributed by atoms with E-state index in [0.29, 0.717) is 17.0 Å². The number of imide groups is 1. The molecule has 3 aromatic rings. The number of carbonyl (C=O) groups excluding carboxylic acids is 3. The number of anilines is 1. The van der Waals surface area contributed by atoms with Gasteiger partial charge in [-0.2, -0.15) is 0 Å². The maximum atomic E-state index is 13.1. The van der Waals surface area contributed by atoms with Crippen LogP contribution in [-0.2, 0) is 16.2 Å². The maximum absolute atomic E-state index is 13.1. The summed E-state index contributed by atoms with van der Waals surface area (Å²) in [6.45, 7) is -0.377. The quantitative estimate of drug-likeness (QED) is 0.304. The van der Waals surface area contributed by atoms with E-state index < -0.39 is 24.4 Å². The molecule has 0 saturated carbocycles. The van der Waals surface area contributed by atoms with Crippen molar-refractivity contribution in [3.8, 4) is 17.2 Å². The van der Waals surface area contributed by atoms with Crippen LogP contribution in [0.15, 0.2) is 66.4 Å². The van der Waals surface area contributed by atoms with Gasteiger partial charge >= 0.3 is 6.03 Å². The number of nitrogens with one attached hydrogen (secondary N) is 2. The van der Waals surface area contributed by atoms with Gasteiger partial charge in [-0.3, -0.25) is 9.59 Å². The van der Waals surface area contributed by atoms with E-state index in [1.54, 1.807) is 42.5 Å². The van der Waals surface area contributed by atoms with E-state index >= 15 is 0 Å². The van der Waals surface area contributed by atoms with E-state index in [2.05, 4.69) is 10.6 Å². The van der Waals surface area contributed by atoms with E-state index in [4.69, 9.17) is 25.8 Å². The van der Waals surface area contributed by atoms with Crippen molar-refractivity contribution < 1.29 is 33.0 Å². The molecule has 0 atom stereocenters. The Morgan fingerprint density at radius 2 is 1.76 bits per heavy atom. The summed E-state index contributed by atoms with van der Waals surface area (Å²) in [6, 6.07) is 15.0. The molecule has 38 heavy (non-hydrogen) atoms. The molecule has 9 nitrogen and oxygen atoms in total. The van der Waals surface area contributed by atoms with E-state index in [-0.39, 0.29) is 34.6 Å². The third-order valence-corrected chi connectivity index (χ3v) is 5.79. The van der Waals surface area contributed by atoms with Crippen molar-refractivity contribution in [2.45, 2.75) is 6.61 Å². The van der Waals surface area contributed by atoms with Crippen LogP contribution in [0.4, 0.5) is 14.9 Å². The second-order valence-electron chi connectivity index (χ2n) is 8.08. The lowest BCUT2D eigenvalue weighted by Gasteiger charge is -2.14. The fourth-order valence-electron chi connectivity index (χ4n) is 3.66. The first-order valence-electron chi connectivity index (χ1n) is 11.3. The summed E-state index contributed by atoms with van der Waals surface area (Å²) in [4.78, 5) is 38.6. The van der Waals surface area contributed by atoms with Gasteiger partial charge in [-0.15, -0.1) is 0 Å². The number of rotatable bonds is 9. The zero-order chi connectivity index (χ0) is 27.2. The molecule has 0 radical (unpaired) electrons. The Morgan fingerprint density at radius 3 is 2.47 bits per heavy atom. The summed E-state index contributed by atoms with van der Waals surface area (Å²) >= 11 is 6.41. The molecule has 0 spiro atoms. The fourth-order valence-corrected chi connectivity index (χ4v) is 3.94. The first kappa shape index (κ1) is 26.5. The molecule has 0 unspecified atom stereocenters. The Hall–Kier alpha value is -4.57. The van der Waals surface area contributed by atoms with Gasteiger partial charge in [-0.1, -0.05) is 35.9 Å². The molecule has 1 aliphatic rings. The average Bonchev–Trinajstić information content (AvgIpc) is 3.16. The topological polar surface area (TPSA) is 106 Å². The van der Waals surface area contributed by atoms with Crippen LogP contribution in [0.25, 0.3) is 6.08 Å². The van der Waals surface area contributed by atoms with Crippen LogP contribution in [0.5, 0.6) is 17.2 Å². The number of urea groups is 1. The molecule has 0 aromatic heterocycles. The highest BCUT2D eigenvalue weighted by molar-refractivity contribution is 6.32. The first-order valence-corrected chi connectivity index (χ1v) is 11.7. The van der Waals surface area contributed by atoms with Crippen molar-refractivity contribution in [1.29, 1.82) is 0 Å². The van der Waals surface area contributed by atoms with E-state index in [0.717, 1.165) is 10.5 Å². The van der Waals surface area contributed by atoms with E-state index in [1.807, 2.05) is 0 Å². The Bertz CT molecular complexity index is 1410. The molecular weight excluding hydrogens is 517 g/mol. The summed E-state index contributed by atoms with van der Waals surface area (Å²) in [5.74, 6) is -0.627. The number of nitrogens with zero attached hydrogens (tertiary/aromatic N) is 1. The number of hydrogen-bond donors (Lipinski definition) is 2. The Balaban J connectivity index is 1.47. The van der Waals surface area contributed by atoms with Gasteiger partial charge in [0.05, 0.1) is 24.9 Å². The molecule has 1 saturated heterocycles. The van der Waals surface area contributed by atoms with Gasteiger partial charge in [0.15, 0.2) is 11.5 Å². The SMILES string of the molecule is COc1ccccc1NC(=O)CN1C(=O)N/C(=C/c2cc(Cl)c(OCc3ccc(F)cc3)c(OC)c2)C1=O. The van der Waals surface area contributed by atoms with Crippen molar-refractivity contribution >= 4 is 41.2 Å². The smallest absolute Gasteiger partial charge is 0.329 e. The summed E-state index contributed by atoms with van der Waals surface area (Å²) in [5.41, 5.74) is 1.54. The largest absolute Gasteiger partial charge is 0.495 e. The highest BCUT2D eigenvalue weighted by Crippen LogP contribution is 2.37. The van der Waals surface area contributed by atoms with Crippen LogP contribution in [0, 0.1) is 5.82 Å². The van der Waals surface area contributed by atoms with Crippen LogP contribution in [0.1, 0.15) is 11.1 Å². The third kappa shape index (κ3) is 6.04. The summed E-state index contributed by atoms with van der Waals surface area (Å²) in [7, 11) is 2.89. The van der Waals surface area contributed by atoms with Crippen molar-refractivity contribution in [3.63, 3.8) is 0 Å². The molecule has 11 heteroatoms. The van der Waals surface area contributed by atoms with Crippen molar-refractivity contribution in [2.24, 2.45) is 0 Å². The minimum absolute atomic E-state index is 0.0433. The normalized spacial score (nSPS) is 13.9. The molecule has 0 bridgehead atoms. The molecule has 2 N–H and O–H groups in total. The number of amides is 4. The Labute approximate surface area is 222 Å². The van der Waals surface area contributed by atoms with Crippen LogP contribution in [0.2, 0.25) is 5.02 Å². The molecule has 4 rings (SSSR count). The minimum atomic E-state index is -0.742. The monoisotopic (exact) mass is 539 g/mol. The molecule has 3 aromatic carbocycles. The zero-order valence-electron chi connectivity index (χ0n) is 20.4. The van der Waals surface area contributed by atoms with Crippen LogP contribution in [-0.4, -0.2) is 43.5 Å². The zero-order valence-corrected chi connectivity index (χ0v) is 21.2. The van der Waals surface area contributed by atoms with Crippen LogP contribution in [0.3, 0.4) is 0 Å². The summed E-state index contributed by atoms with van der Waals surface area (Å²) < 4.78 is 29.5. The minimum Gasteiger partial charge on any atom is -0.495 e. The predicted octanol–water partition coefficient (Wildman–Crippen LogP) is 4.61. The molecule has 1 fully saturated rings. The van der Waals surface area contributed by atoms with Gasteiger partial charge in [0.25, 0.3) is 5.91 Å². The van der Waals surface area contributed by atoms with Crippen LogP contribution < -0.4 is 24.8 Å². The van der Waals surface area contributed by atoms with Gasteiger partial charge in [0.1, 0.15) is 30.4 Å². The third-order valence-electron chi connectivity index (χ3n) is 5.50. The number of methoxy groups -OCH3 is 2. The second-order valence-corrected chi connectivity index (χ2v) is 8.48. The lowest BCUT2D eigenvalue weighted by Crippen LogP contribution is -2.38. The number of ether oxygens (including phenoxy) is 3.